The van der Waals surface area contributed by atoms with Gasteiger partial charge in [0.15, 0.2) is 0 Å². The summed E-state index contributed by atoms with van der Waals surface area (Å²) in [4.78, 5) is 13.0. The molecule has 0 aromatic carbocycles. The van der Waals surface area contributed by atoms with Crippen molar-refractivity contribution in [3.05, 3.63) is 88.8 Å². The standard InChI is InChI=1S/3C13H21N.3CH4/c2*1-12(2,3)10-7-8-14-9-11(10)13(4,5)6;1-12(2,3)10-8-7-9-14-11(10)13(4,5)6;;;/h3*7-9H,1-6H3;3*1H4. The highest BCUT2D eigenvalue weighted by Crippen LogP contribution is 2.34. The van der Waals surface area contributed by atoms with Gasteiger partial charge in [0.25, 0.3) is 0 Å². The molecule has 3 nitrogen and oxygen atoms in total. The number of nitrogens with zero attached hydrogens (tertiary/aromatic N) is 3. The number of pyridine rings is 3. The highest BCUT2D eigenvalue weighted by molar-refractivity contribution is 5.36. The van der Waals surface area contributed by atoms with Crippen molar-refractivity contribution in [3.63, 3.8) is 0 Å². The van der Waals surface area contributed by atoms with Crippen molar-refractivity contribution in [2.24, 2.45) is 0 Å². The van der Waals surface area contributed by atoms with Crippen molar-refractivity contribution in [2.75, 3.05) is 0 Å². The van der Waals surface area contributed by atoms with E-state index in [4.69, 9.17) is 0 Å². The Morgan fingerprint density at radius 2 is 0.667 bits per heavy atom. The summed E-state index contributed by atoms with van der Waals surface area (Å²) in [5.41, 5.74) is 9.14. The van der Waals surface area contributed by atoms with E-state index in [1.54, 1.807) is 0 Å². The Morgan fingerprint density at radius 3 is 0.889 bits per heavy atom. The molecule has 0 saturated carbocycles. The van der Waals surface area contributed by atoms with E-state index < -0.39 is 0 Å². The van der Waals surface area contributed by atoms with Crippen LogP contribution in [0.4, 0.5) is 0 Å². The van der Waals surface area contributed by atoms with Crippen molar-refractivity contribution >= 4 is 0 Å². The Morgan fingerprint density at radius 1 is 0.356 bits per heavy atom. The molecule has 45 heavy (non-hydrogen) atoms. The van der Waals surface area contributed by atoms with E-state index in [1.165, 1.54) is 33.5 Å². The molecule has 0 bridgehead atoms. The molecule has 0 spiro atoms. The van der Waals surface area contributed by atoms with Gasteiger partial charge in [0.2, 0.25) is 0 Å². The average molecular weight is 622 g/mol. The second kappa shape index (κ2) is 16.8. The Hall–Kier alpha value is -2.55. The summed E-state index contributed by atoms with van der Waals surface area (Å²) >= 11 is 0. The van der Waals surface area contributed by atoms with Crippen LogP contribution in [0.3, 0.4) is 0 Å². The minimum atomic E-state index is 0. The lowest BCUT2D eigenvalue weighted by molar-refractivity contribution is 0.514. The normalized spacial score (nSPS) is 12.1. The lowest BCUT2D eigenvalue weighted by Gasteiger charge is -2.29. The maximum absolute atomic E-state index is 4.52. The number of aromatic nitrogens is 3. The van der Waals surface area contributed by atoms with Crippen LogP contribution in [0.5, 0.6) is 0 Å². The zero-order chi connectivity index (χ0) is 32.9. The van der Waals surface area contributed by atoms with Gasteiger partial charge in [-0.25, -0.2) is 0 Å². The average Bonchev–Trinajstić information content (AvgIpc) is 2.82. The molecule has 0 radical (unpaired) electrons. The molecule has 0 aliphatic rings. The SMILES string of the molecule is C.C.C.CC(C)(C)c1cccnc1C(C)(C)C.CC(C)(C)c1ccncc1C(C)(C)C.CC(C)(C)c1ccncc1C(C)(C)C. The molecule has 3 heteroatoms. The molecule has 0 atom stereocenters. The fraction of sp³-hybridized carbons (Fsp3) is 0.643. The van der Waals surface area contributed by atoms with E-state index in [0.717, 1.165) is 0 Å². The molecule has 0 fully saturated rings. The van der Waals surface area contributed by atoms with Crippen molar-refractivity contribution in [3.8, 4) is 0 Å². The van der Waals surface area contributed by atoms with Crippen LogP contribution in [0.15, 0.2) is 55.2 Å². The summed E-state index contributed by atoms with van der Waals surface area (Å²) in [7, 11) is 0. The number of rotatable bonds is 0. The Kier molecular flexibility index (Phi) is 17.5. The Balaban J connectivity index is -0.000000569. The predicted octanol–water partition coefficient (Wildman–Crippen LogP) is 12.9. The molecule has 0 N–H and O–H groups in total. The molecule has 0 aliphatic carbocycles. The number of hydrogen-bond donors (Lipinski definition) is 0. The summed E-state index contributed by atoms with van der Waals surface area (Å²) in [6.07, 6.45) is 9.66. The highest BCUT2D eigenvalue weighted by atomic mass is 14.7. The van der Waals surface area contributed by atoms with Gasteiger partial charge in [0.1, 0.15) is 0 Å². The topological polar surface area (TPSA) is 38.7 Å². The van der Waals surface area contributed by atoms with Gasteiger partial charge in [-0.05, 0) is 73.1 Å². The quantitative estimate of drug-likeness (QED) is 0.251. The van der Waals surface area contributed by atoms with Crippen molar-refractivity contribution in [2.45, 2.75) is 179 Å². The fourth-order valence-electron chi connectivity index (χ4n) is 4.90. The third-order valence-corrected chi connectivity index (χ3v) is 7.20. The maximum atomic E-state index is 4.52. The van der Waals surface area contributed by atoms with Crippen molar-refractivity contribution in [1.82, 2.24) is 15.0 Å². The van der Waals surface area contributed by atoms with Gasteiger partial charge < -0.3 is 0 Å². The largest absolute Gasteiger partial charge is 0.264 e. The smallest absolute Gasteiger partial charge is 0.0494 e. The lowest BCUT2D eigenvalue weighted by Crippen LogP contribution is -2.23. The lowest BCUT2D eigenvalue weighted by atomic mass is 9.76. The number of hydrogen-bond acceptors (Lipinski definition) is 3. The molecule has 0 unspecified atom stereocenters. The third kappa shape index (κ3) is 14.6. The molecular formula is C42H75N3. The molecule has 258 valence electrons. The van der Waals surface area contributed by atoms with Crippen LogP contribution >= 0.6 is 0 Å². The summed E-state index contributed by atoms with van der Waals surface area (Å²) in [6, 6.07) is 8.49. The van der Waals surface area contributed by atoms with Gasteiger partial charge in [-0.3, -0.25) is 15.0 Å². The third-order valence-electron chi connectivity index (χ3n) is 7.20. The first kappa shape index (κ1) is 46.9. The van der Waals surface area contributed by atoms with Crippen molar-refractivity contribution < 1.29 is 0 Å². The van der Waals surface area contributed by atoms with E-state index in [-0.39, 0.29) is 54.8 Å². The molecule has 3 rings (SSSR count). The first-order valence-electron chi connectivity index (χ1n) is 15.5. The molecule has 0 amide bonds. The molecule has 3 aromatic heterocycles. The second-order valence-electron chi connectivity index (χ2n) is 17.7. The van der Waals surface area contributed by atoms with Crippen LogP contribution in [0.1, 0.15) is 180 Å². The van der Waals surface area contributed by atoms with Crippen molar-refractivity contribution in [1.29, 1.82) is 0 Å². The van der Waals surface area contributed by atoms with Crippen LogP contribution in [-0.4, -0.2) is 15.0 Å². The van der Waals surface area contributed by atoms with Gasteiger partial charge in [0.05, 0.1) is 0 Å². The predicted molar refractivity (Wildman–Crippen MR) is 205 cm³/mol. The molecule has 0 aliphatic heterocycles. The molecule has 0 saturated heterocycles. The fourth-order valence-corrected chi connectivity index (χ4v) is 4.90. The molecule has 3 aromatic rings. The minimum absolute atomic E-state index is 0. The minimum Gasteiger partial charge on any atom is -0.264 e. The van der Waals surface area contributed by atoms with Crippen LogP contribution in [0.2, 0.25) is 0 Å². The zero-order valence-electron chi connectivity index (χ0n) is 30.5. The molecule has 3 heterocycles. The maximum Gasteiger partial charge on any atom is 0.0494 e. The van der Waals surface area contributed by atoms with Crippen LogP contribution in [-0.2, 0) is 32.5 Å². The van der Waals surface area contributed by atoms with E-state index in [9.17, 15) is 0 Å². The Labute approximate surface area is 282 Å². The first-order valence-corrected chi connectivity index (χ1v) is 15.5. The van der Waals surface area contributed by atoms with Crippen LogP contribution in [0.25, 0.3) is 0 Å². The summed E-state index contributed by atoms with van der Waals surface area (Å²) in [5, 5.41) is 0. The summed E-state index contributed by atoms with van der Waals surface area (Å²) < 4.78 is 0. The van der Waals surface area contributed by atoms with Crippen LogP contribution in [0, 0.1) is 0 Å². The second-order valence-corrected chi connectivity index (χ2v) is 17.7. The summed E-state index contributed by atoms with van der Waals surface area (Å²) in [6.45, 7) is 40.2. The first-order chi connectivity index (χ1) is 18.7. The van der Waals surface area contributed by atoms with Gasteiger partial charge >= 0.3 is 0 Å². The van der Waals surface area contributed by atoms with E-state index >= 15 is 0 Å². The Bertz CT molecular complexity index is 1000. The molecular weight excluding hydrogens is 546 g/mol. The van der Waals surface area contributed by atoms with Gasteiger partial charge in [-0.15, -0.1) is 0 Å². The van der Waals surface area contributed by atoms with Gasteiger partial charge in [0, 0.05) is 42.1 Å². The summed E-state index contributed by atoms with van der Waals surface area (Å²) in [5.74, 6) is 0. The monoisotopic (exact) mass is 622 g/mol. The van der Waals surface area contributed by atoms with E-state index in [0.29, 0.717) is 0 Å². The van der Waals surface area contributed by atoms with E-state index in [2.05, 4.69) is 158 Å². The van der Waals surface area contributed by atoms with E-state index in [1.807, 2.05) is 37.1 Å². The highest BCUT2D eigenvalue weighted by Gasteiger charge is 2.27. The van der Waals surface area contributed by atoms with Crippen LogP contribution < -0.4 is 0 Å². The van der Waals surface area contributed by atoms with Gasteiger partial charge in [-0.2, -0.15) is 0 Å². The van der Waals surface area contributed by atoms with Gasteiger partial charge in [-0.1, -0.05) is 153 Å². The zero-order valence-corrected chi connectivity index (χ0v) is 30.5.